The molecule has 0 aliphatic carbocycles. The van der Waals surface area contributed by atoms with Crippen LogP contribution in [0.5, 0.6) is 0 Å². The van der Waals surface area contributed by atoms with E-state index in [9.17, 15) is 0 Å². The Bertz CT molecular complexity index is 931. The molecule has 2 heterocycles. The number of hydrogen-bond acceptors (Lipinski definition) is 4. The van der Waals surface area contributed by atoms with Crippen LogP contribution >= 0.6 is 0 Å². The zero-order valence-electron chi connectivity index (χ0n) is 16.7. The summed E-state index contributed by atoms with van der Waals surface area (Å²) in [5.41, 5.74) is 4.45. The Morgan fingerprint density at radius 3 is 2.52 bits per heavy atom. The van der Waals surface area contributed by atoms with Gasteiger partial charge in [-0.1, -0.05) is 30.3 Å². The number of piperidine rings is 1. The van der Waals surface area contributed by atoms with Gasteiger partial charge in [0, 0.05) is 56.2 Å². The molecule has 148 valence electrons. The van der Waals surface area contributed by atoms with Crippen LogP contribution in [0.2, 0.25) is 0 Å². The molecule has 1 N–H and O–H groups in total. The molecule has 1 saturated heterocycles. The van der Waals surface area contributed by atoms with Gasteiger partial charge in [0.2, 0.25) is 0 Å². The first-order valence-electron chi connectivity index (χ1n) is 10.3. The minimum atomic E-state index is 0.588. The Morgan fingerprint density at radius 2 is 1.79 bits per heavy atom. The number of nitriles is 1. The molecule has 1 aromatic heterocycles. The van der Waals surface area contributed by atoms with Crippen LogP contribution in [0.25, 0.3) is 0 Å². The molecular weight excluding hydrogens is 358 g/mol. The van der Waals surface area contributed by atoms with Crippen molar-refractivity contribution in [1.82, 2.24) is 14.9 Å². The molecular formula is C24H27N5. The first kappa shape index (κ1) is 19.2. The summed E-state index contributed by atoms with van der Waals surface area (Å²) in [6.45, 7) is 3.97. The molecule has 2 aromatic carbocycles. The standard InChI is InChI=1S/C24H27N5/c25-16-20-6-8-21(9-7-20)18-29-19-26-17-24(29)10-13-27-22-11-14-28(15-12-22)23-4-2-1-3-5-23/h1-9,17,19,22,27H,10-15,18H2. The number of nitrogens with zero attached hydrogens (tertiary/aromatic N) is 4. The van der Waals surface area contributed by atoms with Gasteiger partial charge in [0.1, 0.15) is 0 Å². The van der Waals surface area contributed by atoms with Gasteiger partial charge in [0.15, 0.2) is 0 Å². The zero-order valence-corrected chi connectivity index (χ0v) is 16.7. The zero-order chi connectivity index (χ0) is 19.9. The van der Waals surface area contributed by atoms with Gasteiger partial charge in [0.25, 0.3) is 0 Å². The van der Waals surface area contributed by atoms with Crippen LogP contribution in [0.1, 0.15) is 29.7 Å². The van der Waals surface area contributed by atoms with Crippen LogP contribution in [0, 0.1) is 11.3 Å². The Kier molecular flexibility index (Phi) is 6.23. The molecule has 0 bridgehead atoms. The number of benzene rings is 2. The number of nitrogens with one attached hydrogen (secondary N) is 1. The molecule has 1 fully saturated rings. The second kappa shape index (κ2) is 9.40. The minimum absolute atomic E-state index is 0.588. The second-order valence-corrected chi connectivity index (χ2v) is 7.62. The molecule has 0 amide bonds. The van der Waals surface area contributed by atoms with Gasteiger partial charge >= 0.3 is 0 Å². The van der Waals surface area contributed by atoms with E-state index in [1.807, 2.05) is 36.8 Å². The maximum Gasteiger partial charge on any atom is 0.0991 e. The number of hydrogen-bond donors (Lipinski definition) is 1. The Labute approximate surface area is 172 Å². The highest BCUT2D eigenvalue weighted by Gasteiger charge is 2.18. The van der Waals surface area contributed by atoms with E-state index in [4.69, 9.17) is 5.26 Å². The number of aromatic nitrogens is 2. The second-order valence-electron chi connectivity index (χ2n) is 7.62. The summed E-state index contributed by atoms with van der Waals surface area (Å²) in [5.74, 6) is 0. The highest BCUT2D eigenvalue weighted by Crippen LogP contribution is 2.19. The van der Waals surface area contributed by atoms with E-state index in [2.05, 4.69) is 56.2 Å². The molecule has 5 heteroatoms. The summed E-state index contributed by atoms with van der Waals surface area (Å²) < 4.78 is 2.20. The Hall–Kier alpha value is -3.10. The topological polar surface area (TPSA) is 56.9 Å². The molecule has 1 aliphatic heterocycles. The summed E-state index contributed by atoms with van der Waals surface area (Å²) in [6.07, 6.45) is 7.18. The van der Waals surface area contributed by atoms with E-state index in [0.29, 0.717) is 11.6 Å². The summed E-state index contributed by atoms with van der Waals surface area (Å²) in [6, 6.07) is 21.2. The van der Waals surface area contributed by atoms with Crippen molar-refractivity contribution in [2.75, 3.05) is 24.5 Å². The lowest BCUT2D eigenvalue weighted by Gasteiger charge is -2.34. The first-order valence-corrected chi connectivity index (χ1v) is 10.3. The van der Waals surface area contributed by atoms with E-state index < -0.39 is 0 Å². The van der Waals surface area contributed by atoms with Crippen LogP contribution < -0.4 is 10.2 Å². The first-order chi connectivity index (χ1) is 14.3. The molecule has 0 atom stereocenters. The van der Waals surface area contributed by atoms with E-state index in [1.54, 1.807) is 0 Å². The number of imidazole rings is 1. The molecule has 0 radical (unpaired) electrons. The minimum Gasteiger partial charge on any atom is -0.371 e. The van der Waals surface area contributed by atoms with Gasteiger partial charge in [0.05, 0.1) is 18.0 Å². The smallest absolute Gasteiger partial charge is 0.0991 e. The highest BCUT2D eigenvalue weighted by atomic mass is 15.1. The maximum atomic E-state index is 8.93. The third-order valence-electron chi connectivity index (χ3n) is 5.66. The number of anilines is 1. The molecule has 0 saturated carbocycles. The van der Waals surface area contributed by atoms with Crippen LogP contribution in [-0.2, 0) is 13.0 Å². The predicted molar refractivity (Wildman–Crippen MR) is 116 cm³/mol. The van der Waals surface area contributed by atoms with Crippen LogP contribution in [-0.4, -0.2) is 35.2 Å². The van der Waals surface area contributed by atoms with E-state index in [1.165, 1.54) is 29.8 Å². The van der Waals surface area contributed by atoms with Gasteiger partial charge in [-0.15, -0.1) is 0 Å². The summed E-state index contributed by atoms with van der Waals surface area (Å²) in [7, 11) is 0. The monoisotopic (exact) mass is 385 g/mol. The lowest BCUT2D eigenvalue weighted by molar-refractivity contribution is 0.416. The van der Waals surface area contributed by atoms with E-state index >= 15 is 0 Å². The largest absolute Gasteiger partial charge is 0.371 e. The molecule has 29 heavy (non-hydrogen) atoms. The van der Waals surface area contributed by atoms with Crippen molar-refractivity contribution < 1.29 is 0 Å². The normalized spacial score (nSPS) is 14.7. The van der Waals surface area contributed by atoms with Crippen molar-refractivity contribution in [3.63, 3.8) is 0 Å². The number of para-hydroxylation sites is 1. The molecule has 0 unspecified atom stereocenters. The average Bonchev–Trinajstić information content (AvgIpc) is 3.22. The van der Waals surface area contributed by atoms with Crippen LogP contribution in [0.15, 0.2) is 67.1 Å². The Balaban J connectivity index is 1.23. The van der Waals surface area contributed by atoms with Gasteiger partial charge in [-0.3, -0.25) is 0 Å². The summed E-state index contributed by atoms with van der Waals surface area (Å²) in [4.78, 5) is 6.81. The maximum absolute atomic E-state index is 8.93. The highest BCUT2D eigenvalue weighted by molar-refractivity contribution is 5.46. The van der Waals surface area contributed by atoms with Gasteiger partial charge < -0.3 is 14.8 Å². The quantitative estimate of drug-likeness (QED) is 0.675. The van der Waals surface area contributed by atoms with E-state index in [0.717, 1.165) is 32.6 Å². The number of rotatable bonds is 7. The summed E-state index contributed by atoms with van der Waals surface area (Å²) in [5, 5.41) is 12.7. The lowest BCUT2D eigenvalue weighted by atomic mass is 10.0. The third-order valence-corrected chi connectivity index (χ3v) is 5.66. The van der Waals surface area contributed by atoms with Gasteiger partial charge in [-0.05, 0) is 42.7 Å². The summed E-state index contributed by atoms with van der Waals surface area (Å²) >= 11 is 0. The van der Waals surface area contributed by atoms with Crippen molar-refractivity contribution in [3.05, 3.63) is 83.9 Å². The van der Waals surface area contributed by atoms with E-state index in [-0.39, 0.29) is 0 Å². The average molecular weight is 386 g/mol. The third kappa shape index (κ3) is 5.04. The van der Waals surface area contributed by atoms with Gasteiger partial charge in [-0.2, -0.15) is 5.26 Å². The van der Waals surface area contributed by atoms with Crippen molar-refractivity contribution in [1.29, 1.82) is 5.26 Å². The van der Waals surface area contributed by atoms with Crippen molar-refractivity contribution in [2.24, 2.45) is 0 Å². The van der Waals surface area contributed by atoms with Crippen molar-refractivity contribution >= 4 is 5.69 Å². The fourth-order valence-corrected chi connectivity index (χ4v) is 3.97. The lowest BCUT2D eigenvalue weighted by Crippen LogP contribution is -2.43. The predicted octanol–water partition coefficient (Wildman–Crippen LogP) is 3.60. The van der Waals surface area contributed by atoms with Crippen LogP contribution in [0.3, 0.4) is 0 Å². The van der Waals surface area contributed by atoms with Crippen molar-refractivity contribution in [3.8, 4) is 6.07 Å². The SMILES string of the molecule is N#Cc1ccc(Cn2cncc2CCNC2CCN(c3ccccc3)CC2)cc1. The molecule has 0 spiro atoms. The van der Waals surface area contributed by atoms with Gasteiger partial charge in [-0.25, -0.2) is 4.98 Å². The molecule has 3 aromatic rings. The fourth-order valence-electron chi connectivity index (χ4n) is 3.97. The van der Waals surface area contributed by atoms with Crippen molar-refractivity contribution in [2.45, 2.75) is 31.8 Å². The Morgan fingerprint density at radius 1 is 1.03 bits per heavy atom. The molecule has 1 aliphatic rings. The fraction of sp³-hybridized carbons (Fsp3) is 0.333. The molecule has 4 rings (SSSR count). The van der Waals surface area contributed by atoms with Crippen LogP contribution in [0.4, 0.5) is 5.69 Å². The molecule has 5 nitrogen and oxygen atoms in total.